The van der Waals surface area contributed by atoms with Crippen LogP contribution < -0.4 is 5.32 Å². The molecular formula is C18H26N4O2. The zero-order valence-electron chi connectivity index (χ0n) is 15.1. The molecule has 0 aromatic carbocycles. The van der Waals surface area contributed by atoms with E-state index in [-0.39, 0.29) is 11.8 Å². The topological polar surface area (TPSA) is 77.3 Å². The van der Waals surface area contributed by atoms with Crippen LogP contribution in [-0.2, 0) is 4.79 Å². The molecule has 0 fully saturated rings. The fourth-order valence-corrected chi connectivity index (χ4v) is 3.07. The van der Waals surface area contributed by atoms with E-state index in [1.54, 1.807) is 25.7 Å². The Labute approximate surface area is 143 Å². The summed E-state index contributed by atoms with van der Waals surface area (Å²) < 4.78 is 0. The lowest BCUT2D eigenvalue weighted by molar-refractivity contribution is -0.124. The SMILES string of the molecule is CC#CNC1=C(C)CN(C(=O)C2=NN=C(C(C)(C)O)C2CC)CC1. The van der Waals surface area contributed by atoms with Crippen molar-refractivity contribution in [2.75, 3.05) is 13.1 Å². The molecule has 6 heteroatoms. The number of nitrogens with zero attached hydrogens (tertiary/aromatic N) is 3. The molecule has 2 aliphatic rings. The molecule has 2 aliphatic heterocycles. The summed E-state index contributed by atoms with van der Waals surface area (Å²) >= 11 is 0. The highest BCUT2D eigenvalue weighted by atomic mass is 16.3. The van der Waals surface area contributed by atoms with Gasteiger partial charge in [0.1, 0.15) is 5.71 Å². The van der Waals surface area contributed by atoms with Crippen molar-refractivity contribution in [3.05, 3.63) is 11.3 Å². The van der Waals surface area contributed by atoms with Crippen LogP contribution in [0.15, 0.2) is 21.5 Å². The normalized spacial score (nSPS) is 21.1. The highest BCUT2D eigenvalue weighted by Gasteiger charge is 2.39. The van der Waals surface area contributed by atoms with Crippen molar-refractivity contribution in [3.8, 4) is 12.0 Å². The molecule has 1 atom stereocenters. The second-order valence-electron chi connectivity index (χ2n) is 6.73. The van der Waals surface area contributed by atoms with Gasteiger partial charge >= 0.3 is 0 Å². The molecule has 2 heterocycles. The number of aliphatic hydroxyl groups is 1. The van der Waals surface area contributed by atoms with Gasteiger partial charge in [-0.2, -0.15) is 5.10 Å². The first-order valence-corrected chi connectivity index (χ1v) is 8.33. The molecule has 0 aliphatic carbocycles. The van der Waals surface area contributed by atoms with Crippen LogP contribution in [0.25, 0.3) is 0 Å². The summed E-state index contributed by atoms with van der Waals surface area (Å²) in [5, 5.41) is 21.5. The van der Waals surface area contributed by atoms with Crippen LogP contribution in [0.5, 0.6) is 0 Å². The summed E-state index contributed by atoms with van der Waals surface area (Å²) in [4.78, 5) is 14.7. The zero-order chi connectivity index (χ0) is 17.9. The largest absolute Gasteiger partial charge is 0.384 e. The minimum atomic E-state index is -1.07. The van der Waals surface area contributed by atoms with E-state index in [9.17, 15) is 9.90 Å². The van der Waals surface area contributed by atoms with Gasteiger partial charge in [-0.25, -0.2) is 0 Å². The van der Waals surface area contributed by atoms with Gasteiger partial charge in [-0.05, 0) is 39.7 Å². The number of hydrogen-bond acceptors (Lipinski definition) is 5. The van der Waals surface area contributed by atoms with Crippen molar-refractivity contribution in [1.29, 1.82) is 0 Å². The molecule has 0 bridgehead atoms. The molecule has 1 amide bonds. The molecule has 0 radical (unpaired) electrons. The lowest BCUT2D eigenvalue weighted by Crippen LogP contribution is -2.46. The van der Waals surface area contributed by atoms with Crippen molar-refractivity contribution in [2.24, 2.45) is 16.1 Å². The van der Waals surface area contributed by atoms with Crippen LogP contribution in [0.4, 0.5) is 0 Å². The van der Waals surface area contributed by atoms with Crippen LogP contribution in [0.1, 0.15) is 47.5 Å². The molecule has 0 aromatic rings. The molecule has 2 N–H and O–H groups in total. The summed E-state index contributed by atoms with van der Waals surface area (Å²) in [6.45, 7) is 10.3. The molecule has 24 heavy (non-hydrogen) atoms. The zero-order valence-corrected chi connectivity index (χ0v) is 15.1. The maximum Gasteiger partial charge on any atom is 0.271 e. The number of nitrogens with one attached hydrogen (secondary N) is 1. The van der Waals surface area contributed by atoms with E-state index in [1.807, 2.05) is 13.8 Å². The maximum atomic E-state index is 12.9. The lowest BCUT2D eigenvalue weighted by atomic mass is 9.85. The van der Waals surface area contributed by atoms with Gasteiger partial charge in [0.15, 0.2) is 0 Å². The molecule has 0 spiro atoms. The van der Waals surface area contributed by atoms with Crippen molar-refractivity contribution in [2.45, 2.75) is 53.1 Å². The molecule has 0 aromatic heterocycles. The van der Waals surface area contributed by atoms with Gasteiger partial charge in [0.25, 0.3) is 5.91 Å². The Hall–Kier alpha value is -2.13. The second kappa shape index (κ2) is 7.18. The Kier molecular flexibility index (Phi) is 5.45. The first kappa shape index (κ1) is 18.2. The predicted molar refractivity (Wildman–Crippen MR) is 95.4 cm³/mol. The van der Waals surface area contributed by atoms with Gasteiger partial charge in [-0.15, -0.1) is 5.10 Å². The van der Waals surface area contributed by atoms with E-state index in [4.69, 9.17) is 0 Å². The van der Waals surface area contributed by atoms with Gasteiger partial charge in [-0.3, -0.25) is 4.79 Å². The Morgan fingerprint density at radius 2 is 2.17 bits per heavy atom. The fraction of sp³-hybridized carbons (Fsp3) is 0.611. The fourth-order valence-electron chi connectivity index (χ4n) is 3.07. The van der Waals surface area contributed by atoms with Crippen LogP contribution in [0.3, 0.4) is 0 Å². The maximum absolute atomic E-state index is 12.9. The van der Waals surface area contributed by atoms with Gasteiger partial charge in [0.2, 0.25) is 0 Å². The number of carbonyl (C=O) groups excluding carboxylic acids is 1. The molecule has 6 nitrogen and oxygen atoms in total. The Morgan fingerprint density at radius 3 is 2.71 bits per heavy atom. The summed E-state index contributed by atoms with van der Waals surface area (Å²) in [5.74, 6) is 2.50. The highest BCUT2D eigenvalue weighted by Crippen LogP contribution is 2.25. The lowest BCUT2D eigenvalue weighted by Gasteiger charge is -2.31. The van der Waals surface area contributed by atoms with Crippen LogP contribution in [0, 0.1) is 17.9 Å². The Bertz CT molecular complexity index is 671. The van der Waals surface area contributed by atoms with Crippen molar-refractivity contribution in [3.63, 3.8) is 0 Å². The van der Waals surface area contributed by atoms with Crippen LogP contribution in [-0.4, -0.2) is 46.0 Å². The predicted octanol–water partition coefficient (Wildman–Crippen LogP) is 1.67. The summed E-state index contributed by atoms with van der Waals surface area (Å²) in [7, 11) is 0. The molecule has 130 valence electrons. The third-order valence-corrected chi connectivity index (χ3v) is 4.38. The first-order chi connectivity index (χ1) is 11.3. The van der Waals surface area contributed by atoms with E-state index >= 15 is 0 Å². The van der Waals surface area contributed by atoms with Crippen molar-refractivity contribution < 1.29 is 9.90 Å². The minimum Gasteiger partial charge on any atom is -0.384 e. The van der Waals surface area contributed by atoms with E-state index < -0.39 is 5.60 Å². The van der Waals surface area contributed by atoms with E-state index in [0.29, 0.717) is 30.9 Å². The molecule has 1 unspecified atom stereocenters. The van der Waals surface area contributed by atoms with Crippen molar-refractivity contribution in [1.82, 2.24) is 10.2 Å². The average molecular weight is 330 g/mol. The number of hydrogen-bond donors (Lipinski definition) is 2. The van der Waals surface area contributed by atoms with Crippen molar-refractivity contribution >= 4 is 17.3 Å². The molecule has 0 saturated heterocycles. The van der Waals surface area contributed by atoms with Crippen LogP contribution in [0.2, 0.25) is 0 Å². The van der Waals surface area contributed by atoms with Gasteiger partial charge < -0.3 is 15.3 Å². The van der Waals surface area contributed by atoms with Gasteiger partial charge in [-0.1, -0.05) is 12.8 Å². The third kappa shape index (κ3) is 3.68. The van der Waals surface area contributed by atoms with Crippen LogP contribution >= 0.6 is 0 Å². The van der Waals surface area contributed by atoms with E-state index in [2.05, 4.69) is 27.5 Å². The highest BCUT2D eigenvalue weighted by molar-refractivity contribution is 6.44. The minimum absolute atomic E-state index is 0.0928. The summed E-state index contributed by atoms with van der Waals surface area (Å²) in [6, 6.07) is 2.86. The quantitative estimate of drug-likeness (QED) is 0.608. The summed E-state index contributed by atoms with van der Waals surface area (Å²) in [5.41, 5.74) is 2.13. The Morgan fingerprint density at radius 1 is 1.46 bits per heavy atom. The van der Waals surface area contributed by atoms with Gasteiger partial charge in [0, 0.05) is 31.3 Å². The number of rotatable bonds is 4. The molecule has 0 saturated carbocycles. The van der Waals surface area contributed by atoms with E-state index in [0.717, 1.165) is 17.7 Å². The second-order valence-corrected chi connectivity index (χ2v) is 6.73. The third-order valence-electron chi connectivity index (χ3n) is 4.38. The standard InChI is InChI=1S/C18H26N4O2/c1-6-9-19-14-8-10-22(11-12(14)3)17(23)15-13(7-2)16(21-20-15)18(4,5)24/h13,19,24H,7-8,10-11H2,1-5H3. The first-order valence-electron chi connectivity index (χ1n) is 8.33. The molecule has 2 rings (SSSR count). The van der Waals surface area contributed by atoms with E-state index in [1.165, 1.54) is 0 Å². The smallest absolute Gasteiger partial charge is 0.271 e. The summed E-state index contributed by atoms with van der Waals surface area (Å²) in [6.07, 6.45) is 1.44. The Balaban J connectivity index is 2.11. The van der Waals surface area contributed by atoms with Gasteiger partial charge in [0.05, 0.1) is 17.2 Å². The number of amides is 1. The number of carbonyl (C=O) groups is 1. The monoisotopic (exact) mass is 330 g/mol. The molecular weight excluding hydrogens is 304 g/mol. The average Bonchev–Trinajstić information content (AvgIpc) is 2.97.